The molecule has 2 aromatic rings. The topological polar surface area (TPSA) is 59.5 Å². The molecule has 0 saturated heterocycles. The maximum absolute atomic E-state index is 12.2. The lowest BCUT2D eigenvalue weighted by atomic mass is 10.2. The standard InChI is InChI=1S/C13H15BrN2O2/c1-2-16(7-6-15)13(17)11-8-9-4-3-5-10(14)12(9)18-11/h3-5,8H,2,6-7,15H2,1H3. The summed E-state index contributed by atoms with van der Waals surface area (Å²) in [6.45, 7) is 3.53. The van der Waals surface area contributed by atoms with Crippen molar-refractivity contribution in [3.05, 3.63) is 34.5 Å². The average molecular weight is 311 g/mol. The van der Waals surface area contributed by atoms with Crippen LogP contribution in [-0.2, 0) is 0 Å². The first-order valence-corrected chi connectivity index (χ1v) is 6.64. The molecule has 0 bridgehead atoms. The molecular weight excluding hydrogens is 296 g/mol. The number of nitrogens with two attached hydrogens (primary N) is 1. The number of hydrogen-bond acceptors (Lipinski definition) is 3. The molecule has 4 nitrogen and oxygen atoms in total. The van der Waals surface area contributed by atoms with Crippen LogP contribution in [0.1, 0.15) is 17.5 Å². The van der Waals surface area contributed by atoms with E-state index in [0.29, 0.717) is 31.0 Å². The number of benzene rings is 1. The van der Waals surface area contributed by atoms with Gasteiger partial charge in [0.2, 0.25) is 0 Å². The Morgan fingerprint density at radius 2 is 2.28 bits per heavy atom. The Morgan fingerprint density at radius 3 is 2.89 bits per heavy atom. The van der Waals surface area contributed by atoms with Gasteiger partial charge in [-0.05, 0) is 35.0 Å². The number of amides is 1. The second-order valence-corrected chi connectivity index (χ2v) is 4.80. The lowest BCUT2D eigenvalue weighted by molar-refractivity contribution is 0.0739. The van der Waals surface area contributed by atoms with Gasteiger partial charge in [0.25, 0.3) is 5.91 Å². The zero-order valence-corrected chi connectivity index (χ0v) is 11.7. The van der Waals surface area contributed by atoms with Crippen LogP contribution >= 0.6 is 15.9 Å². The van der Waals surface area contributed by atoms with Gasteiger partial charge in [-0.1, -0.05) is 12.1 Å². The van der Waals surface area contributed by atoms with Crippen molar-refractivity contribution in [2.24, 2.45) is 5.73 Å². The van der Waals surface area contributed by atoms with E-state index in [2.05, 4.69) is 15.9 Å². The van der Waals surface area contributed by atoms with E-state index in [4.69, 9.17) is 10.2 Å². The first kappa shape index (κ1) is 13.1. The number of para-hydroxylation sites is 1. The first-order chi connectivity index (χ1) is 8.67. The van der Waals surface area contributed by atoms with Crippen LogP contribution in [0.4, 0.5) is 0 Å². The highest BCUT2D eigenvalue weighted by Crippen LogP contribution is 2.27. The summed E-state index contributed by atoms with van der Waals surface area (Å²) in [5, 5.41) is 0.913. The summed E-state index contributed by atoms with van der Waals surface area (Å²) >= 11 is 3.41. The molecule has 5 heteroatoms. The second kappa shape index (κ2) is 5.54. The average Bonchev–Trinajstić information content (AvgIpc) is 2.80. The number of rotatable bonds is 4. The number of carbonyl (C=O) groups is 1. The SMILES string of the molecule is CCN(CCN)C(=O)c1cc2cccc(Br)c2o1. The van der Waals surface area contributed by atoms with Gasteiger partial charge in [-0.25, -0.2) is 0 Å². The highest BCUT2D eigenvalue weighted by atomic mass is 79.9. The van der Waals surface area contributed by atoms with E-state index in [1.54, 1.807) is 11.0 Å². The van der Waals surface area contributed by atoms with Gasteiger partial charge < -0.3 is 15.1 Å². The normalized spacial score (nSPS) is 10.8. The molecule has 0 atom stereocenters. The van der Waals surface area contributed by atoms with E-state index in [0.717, 1.165) is 9.86 Å². The quantitative estimate of drug-likeness (QED) is 0.944. The van der Waals surface area contributed by atoms with Crippen LogP contribution in [0.15, 0.2) is 33.2 Å². The fourth-order valence-corrected chi connectivity index (χ4v) is 2.31. The molecule has 0 unspecified atom stereocenters. The Labute approximate surface area is 114 Å². The third kappa shape index (κ3) is 2.42. The van der Waals surface area contributed by atoms with E-state index < -0.39 is 0 Å². The number of likely N-dealkylation sites (N-methyl/N-ethyl adjacent to an activating group) is 1. The molecular formula is C13H15BrN2O2. The van der Waals surface area contributed by atoms with Gasteiger partial charge in [-0.3, -0.25) is 4.79 Å². The summed E-state index contributed by atoms with van der Waals surface area (Å²) in [5.74, 6) is 0.234. The number of hydrogen-bond donors (Lipinski definition) is 1. The summed E-state index contributed by atoms with van der Waals surface area (Å²) in [5.41, 5.74) is 6.19. The smallest absolute Gasteiger partial charge is 0.289 e. The van der Waals surface area contributed by atoms with Crippen LogP contribution < -0.4 is 5.73 Å². The van der Waals surface area contributed by atoms with Gasteiger partial charge >= 0.3 is 0 Å². The Morgan fingerprint density at radius 1 is 1.50 bits per heavy atom. The fraction of sp³-hybridized carbons (Fsp3) is 0.308. The molecule has 0 saturated carbocycles. The fourth-order valence-electron chi connectivity index (χ4n) is 1.85. The van der Waals surface area contributed by atoms with Crippen molar-refractivity contribution < 1.29 is 9.21 Å². The monoisotopic (exact) mass is 310 g/mol. The van der Waals surface area contributed by atoms with Crippen molar-refractivity contribution in [3.63, 3.8) is 0 Å². The first-order valence-electron chi connectivity index (χ1n) is 5.84. The lowest BCUT2D eigenvalue weighted by Crippen LogP contribution is -2.34. The van der Waals surface area contributed by atoms with Gasteiger partial charge in [-0.2, -0.15) is 0 Å². The number of furan rings is 1. The Balaban J connectivity index is 2.36. The maximum atomic E-state index is 12.2. The highest BCUT2D eigenvalue weighted by Gasteiger charge is 2.18. The van der Waals surface area contributed by atoms with Gasteiger partial charge in [-0.15, -0.1) is 0 Å². The summed E-state index contributed by atoms with van der Waals surface area (Å²) in [7, 11) is 0. The minimum atomic E-state index is -0.119. The van der Waals surface area contributed by atoms with Crippen LogP contribution in [0.3, 0.4) is 0 Å². The molecule has 18 heavy (non-hydrogen) atoms. The Hall–Kier alpha value is -1.33. The molecule has 0 radical (unpaired) electrons. The second-order valence-electron chi connectivity index (χ2n) is 3.94. The predicted octanol–water partition coefficient (Wildman–Crippen LogP) is 2.62. The zero-order valence-electron chi connectivity index (χ0n) is 10.1. The third-order valence-electron chi connectivity index (χ3n) is 2.77. The molecule has 1 aromatic carbocycles. The van der Waals surface area contributed by atoms with Gasteiger partial charge in [0, 0.05) is 25.0 Å². The molecule has 0 aliphatic carbocycles. The molecule has 0 spiro atoms. The van der Waals surface area contributed by atoms with Crippen molar-refractivity contribution in [1.29, 1.82) is 0 Å². The van der Waals surface area contributed by atoms with Gasteiger partial charge in [0.1, 0.15) is 5.58 Å². The van der Waals surface area contributed by atoms with E-state index in [1.165, 1.54) is 0 Å². The summed E-state index contributed by atoms with van der Waals surface area (Å²) in [6.07, 6.45) is 0. The van der Waals surface area contributed by atoms with Crippen molar-refractivity contribution >= 4 is 32.8 Å². The molecule has 0 fully saturated rings. The van der Waals surface area contributed by atoms with Gasteiger partial charge in [0.15, 0.2) is 5.76 Å². The Kier molecular flexibility index (Phi) is 4.04. The lowest BCUT2D eigenvalue weighted by Gasteiger charge is -2.18. The molecule has 1 aromatic heterocycles. The van der Waals surface area contributed by atoms with Crippen LogP contribution in [0.25, 0.3) is 11.0 Å². The van der Waals surface area contributed by atoms with Crippen molar-refractivity contribution in [2.45, 2.75) is 6.92 Å². The molecule has 2 rings (SSSR count). The van der Waals surface area contributed by atoms with Crippen LogP contribution in [0.5, 0.6) is 0 Å². The number of fused-ring (bicyclic) bond motifs is 1. The minimum absolute atomic E-state index is 0.119. The Bertz CT molecular complexity index is 565. The number of nitrogens with zero attached hydrogens (tertiary/aromatic N) is 1. The molecule has 1 amide bonds. The maximum Gasteiger partial charge on any atom is 0.289 e. The van der Waals surface area contributed by atoms with Crippen molar-refractivity contribution in [3.8, 4) is 0 Å². The molecule has 1 heterocycles. The van der Waals surface area contributed by atoms with E-state index in [-0.39, 0.29) is 5.91 Å². The molecule has 0 aliphatic rings. The number of carbonyl (C=O) groups excluding carboxylic acids is 1. The zero-order chi connectivity index (χ0) is 13.1. The summed E-state index contributed by atoms with van der Waals surface area (Å²) in [6, 6.07) is 7.48. The largest absolute Gasteiger partial charge is 0.450 e. The van der Waals surface area contributed by atoms with Gasteiger partial charge in [0.05, 0.1) is 4.47 Å². The van der Waals surface area contributed by atoms with Crippen LogP contribution in [0, 0.1) is 0 Å². The number of halogens is 1. The van der Waals surface area contributed by atoms with Crippen LogP contribution in [0.2, 0.25) is 0 Å². The minimum Gasteiger partial charge on any atom is -0.450 e. The van der Waals surface area contributed by atoms with Crippen LogP contribution in [-0.4, -0.2) is 30.4 Å². The summed E-state index contributed by atoms with van der Waals surface area (Å²) < 4.78 is 6.46. The molecule has 96 valence electrons. The predicted molar refractivity (Wildman–Crippen MR) is 74.5 cm³/mol. The van der Waals surface area contributed by atoms with E-state index >= 15 is 0 Å². The third-order valence-corrected chi connectivity index (χ3v) is 3.40. The van der Waals surface area contributed by atoms with E-state index in [9.17, 15) is 4.79 Å². The highest BCUT2D eigenvalue weighted by molar-refractivity contribution is 9.10. The van der Waals surface area contributed by atoms with Crippen molar-refractivity contribution in [2.75, 3.05) is 19.6 Å². The molecule has 0 aliphatic heterocycles. The molecule has 2 N–H and O–H groups in total. The summed E-state index contributed by atoms with van der Waals surface area (Å²) in [4.78, 5) is 13.9. The van der Waals surface area contributed by atoms with E-state index in [1.807, 2.05) is 25.1 Å². The van der Waals surface area contributed by atoms with Crippen molar-refractivity contribution in [1.82, 2.24) is 4.90 Å².